The van der Waals surface area contributed by atoms with Crippen LogP contribution in [0.15, 0.2) is 0 Å². The lowest BCUT2D eigenvalue weighted by Crippen LogP contribution is -2.40. The molecular formula is C10H18F2N2O2. The Morgan fingerprint density at radius 2 is 2.19 bits per heavy atom. The Morgan fingerprint density at radius 3 is 2.62 bits per heavy atom. The molecule has 4 nitrogen and oxygen atoms in total. The van der Waals surface area contributed by atoms with Crippen molar-refractivity contribution < 1.29 is 18.3 Å². The van der Waals surface area contributed by atoms with Crippen LogP contribution in [0.1, 0.15) is 20.8 Å². The Bertz CT molecular complexity index is 264. The summed E-state index contributed by atoms with van der Waals surface area (Å²) in [5, 5.41) is 4.95. The summed E-state index contributed by atoms with van der Waals surface area (Å²) < 4.78 is 31.2. The summed E-state index contributed by atoms with van der Waals surface area (Å²) in [7, 11) is 0. The third kappa shape index (κ3) is 3.92. The summed E-state index contributed by atoms with van der Waals surface area (Å²) in [5.41, 5.74) is -0.611. The van der Waals surface area contributed by atoms with Crippen molar-refractivity contribution in [3.8, 4) is 0 Å². The van der Waals surface area contributed by atoms with E-state index in [-0.39, 0.29) is 19.6 Å². The first kappa shape index (κ1) is 13.2. The predicted octanol–water partition coefficient (Wildman–Crippen LogP) is 1.37. The van der Waals surface area contributed by atoms with E-state index in [1.807, 2.05) is 0 Å². The van der Waals surface area contributed by atoms with Crippen LogP contribution in [0.2, 0.25) is 0 Å². The zero-order chi connectivity index (χ0) is 12.4. The van der Waals surface area contributed by atoms with Crippen LogP contribution in [0.4, 0.5) is 13.6 Å². The SMILES string of the molecule is CC(C)(C)OC(=O)NCC1CNCC1(F)F. The fourth-order valence-corrected chi connectivity index (χ4v) is 1.45. The number of nitrogens with one attached hydrogen (secondary N) is 2. The van der Waals surface area contributed by atoms with Gasteiger partial charge in [0.15, 0.2) is 0 Å². The highest BCUT2D eigenvalue weighted by atomic mass is 19.3. The number of alkyl carbamates (subject to hydrolysis) is 1. The quantitative estimate of drug-likeness (QED) is 0.761. The molecule has 0 spiro atoms. The van der Waals surface area contributed by atoms with E-state index in [0.717, 1.165) is 0 Å². The lowest BCUT2D eigenvalue weighted by molar-refractivity contribution is -0.0217. The van der Waals surface area contributed by atoms with Crippen molar-refractivity contribution in [1.82, 2.24) is 10.6 Å². The molecule has 1 aliphatic heterocycles. The van der Waals surface area contributed by atoms with Crippen molar-refractivity contribution in [3.05, 3.63) is 0 Å². The minimum absolute atomic E-state index is 0.0745. The summed E-state index contributed by atoms with van der Waals surface area (Å²) >= 11 is 0. The maximum absolute atomic E-state index is 13.1. The maximum Gasteiger partial charge on any atom is 0.407 e. The molecule has 0 bridgehead atoms. The first-order chi connectivity index (χ1) is 7.21. The van der Waals surface area contributed by atoms with Gasteiger partial charge in [0.1, 0.15) is 5.60 Å². The van der Waals surface area contributed by atoms with Gasteiger partial charge in [-0.15, -0.1) is 0 Å². The first-order valence-electron chi connectivity index (χ1n) is 5.26. The second-order valence-electron chi connectivity index (χ2n) is 4.97. The van der Waals surface area contributed by atoms with Crippen molar-refractivity contribution in [2.24, 2.45) is 5.92 Å². The smallest absolute Gasteiger partial charge is 0.407 e. The molecule has 94 valence electrons. The maximum atomic E-state index is 13.1. The Hall–Kier alpha value is -0.910. The summed E-state index contributed by atoms with van der Waals surface area (Å²) in [5.74, 6) is -3.62. The van der Waals surface area contributed by atoms with Crippen LogP contribution in [0.5, 0.6) is 0 Å². The summed E-state index contributed by atoms with van der Waals surface area (Å²) in [6.07, 6.45) is -0.657. The Balaban J connectivity index is 2.32. The van der Waals surface area contributed by atoms with Gasteiger partial charge in [-0.05, 0) is 20.8 Å². The first-order valence-corrected chi connectivity index (χ1v) is 5.26. The normalized spacial score (nSPS) is 24.2. The molecule has 0 saturated carbocycles. The average molecular weight is 236 g/mol. The van der Waals surface area contributed by atoms with Crippen molar-refractivity contribution in [2.75, 3.05) is 19.6 Å². The summed E-state index contributed by atoms with van der Waals surface area (Å²) in [6, 6.07) is 0. The molecule has 0 radical (unpaired) electrons. The van der Waals surface area contributed by atoms with Crippen molar-refractivity contribution in [2.45, 2.75) is 32.3 Å². The van der Waals surface area contributed by atoms with Crippen LogP contribution in [-0.2, 0) is 4.74 Å². The molecule has 0 aromatic rings. The highest BCUT2D eigenvalue weighted by Crippen LogP contribution is 2.27. The Kier molecular flexibility index (Phi) is 3.72. The highest BCUT2D eigenvalue weighted by Gasteiger charge is 2.43. The second-order valence-corrected chi connectivity index (χ2v) is 4.97. The van der Waals surface area contributed by atoms with Gasteiger partial charge in [-0.25, -0.2) is 13.6 Å². The average Bonchev–Trinajstić information content (AvgIpc) is 2.38. The van der Waals surface area contributed by atoms with E-state index in [2.05, 4.69) is 10.6 Å². The number of hydrogen-bond acceptors (Lipinski definition) is 3. The molecular weight excluding hydrogens is 218 g/mol. The topological polar surface area (TPSA) is 50.4 Å². The van der Waals surface area contributed by atoms with E-state index in [0.29, 0.717) is 0 Å². The van der Waals surface area contributed by atoms with Gasteiger partial charge in [-0.1, -0.05) is 0 Å². The number of halogens is 2. The van der Waals surface area contributed by atoms with Crippen LogP contribution >= 0.6 is 0 Å². The number of ether oxygens (including phenoxy) is 1. The van der Waals surface area contributed by atoms with Crippen molar-refractivity contribution >= 4 is 6.09 Å². The van der Waals surface area contributed by atoms with E-state index in [1.54, 1.807) is 20.8 Å². The molecule has 16 heavy (non-hydrogen) atoms. The van der Waals surface area contributed by atoms with Gasteiger partial charge >= 0.3 is 6.09 Å². The number of alkyl halides is 2. The van der Waals surface area contributed by atoms with Gasteiger partial charge in [0.25, 0.3) is 5.92 Å². The van der Waals surface area contributed by atoms with Gasteiger partial charge in [0.2, 0.25) is 0 Å². The van der Waals surface area contributed by atoms with E-state index in [4.69, 9.17) is 4.74 Å². The van der Waals surface area contributed by atoms with Crippen molar-refractivity contribution in [1.29, 1.82) is 0 Å². The van der Waals surface area contributed by atoms with Crippen molar-refractivity contribution in [3.63, 3.8) is 0 Å². The molecule has 1 amide bonds. The lowest BCUT2D eigenvalue weighted by atomic mass is 10.1. The zero-order valence-electron chi connectivity index (χ0n) is 9.77. The third-order valence-corrected chi connectivity index (χ3v) is 2.24. The molecule has 1 unspecified atom stereocenters. The zero-order valence-corrected chi connectivity index (χ0v) is 9.77. The minimum Gasteiger partial charge on any atom is -0.444 e. The number of amides is 1. The number of hydrogen-bond donors (Lipinski definition) is 2. The largest absolute Gasteiger partial charge is 0.444 e. The van der Waals surface area contributed by atoms with Crippen LogP contribution in [0.3, 0.4) is 0 Å². The fraction of sp³-hybridized carbons (Fsp3) is 0.900. The molecule has 0 aromatic heterocycles. The molecule has 6 heteroatoms. The van der Waals surface area contributed by atoms with Crippen LogP contribution in [0.25, 0.3) is 0 Å². The van der Waals surface area contributed by atoms with E-state index >= 15 is 0 Å². The Morgan fingerprint density at radius 1 is 1.56 bits per heavy atom. The minimum atomic E-state index is -2.75. The molecule has 1 aliphatic rings. The van der Waals surface area contributed by atoms with Gasteiger partial charge in [0.05, 0.1) is 12.5 Å². The van der Waals surface area contributed by atoms with E-state index in [9.17, 15) is 13.6 Å². The molecule has 1 saturated heterocycles. The molecule has 1 rings (SSSR count). The number of carbonyl (C=O) groups excluding carboxylic acids is 1. The second kappa shape index (κ2) is 4.53. The number of rotatable bonds is 2. The van der Waals surface area contributed by atoms with Crippen LogP contribution in [-0.4, -0.2) is 37.3 Å². The van der Waals surface area contributed by atoms with Crippen LogP contribution in [0, 0.1) is 5.92 Å². The standard InChI is InChI=1S/C10H18F2N2O2/c1-9(2,3)16-8(15)14-5-7-4-13-6-10(7,11)12/h7,13H,4-6H2,1-3H3,(H,14,15). The van der Waals surface area contributed by atoms with Gasteiger partial charge in [0, 0.05) is 13.1 Å². The lowest BCUT2D eigenvalue weighted by Gasteiger charge is -2.22. The molecule has 2 N–H and O–H groups in total. The van der Waals surface area contributed by atoms with Gasteiger partial charge < -0.3 is 15.4 Å². The predicted molar refractivity (Wildman–Crippen MR) is 55.5 cm³/mol. The highest BCUT2D eigenvalue weighted by molar-refractivity contribution is 5.67. The summed E-state index contributed by atoms with van der Waals surface area (Å²) in [4.78, 5) is 11.2. The molecule has 1 fully saturated rings. The fourth-order valence-electron chi connectivity index (χ4n) is 1.45. The third-order valence-electron chi connectivity index (χ3n) is 2.24. The van der Waals surface area contributed by atoms with Gasteiger partial charge in [-0.2, -0.15) is 0 Å². The van der Waals surface area contributed by atoms with Gasteiger partial charge in [-0.3, -0.25) is 0 Å². The molecule has 0 aromatic carbocycles. The number of carbonyl (C=O) groups is 1. The van der Waals surface area contributed by atoms with E-state index in [1.165, 1.54) is 0 Å². The Labute approximate surface area is 93.7 Å². The monoisotopic (exact) mass is 236 g/mol. The molecule has 1 heterocycles. The van der Waals surface area contributed by atoms with Crippen LogP contribution < -0.4 is 10.6 Å². The summed E-state index contributed by atoms with van der Waals surface area (Å²) in [6.45, 7) is 4.97. The molecule has 0 aliphatic carbocycles. The van der Waals surface area contributed by atoms with E-state index < -0.39 is 23.5 Å². The molecule has 1 atom stereocenters.